The van der Waals surface area contributed by atoms with Crippen molar-refractivity contribution in [1.82, 2.24) is 15.5 Å². The van der Waals surface area contributed by atoms with E-state index in [4.69, 9.17) is 32.5 Å². The molecule has 1 atom stereocenters. The third-order valence-corrected chi connectivity index (χ3v) is 3.17. The van der Waals surface area contributed by atoms with Crippen LogP contribution in [0, 0.1) is 0 Å². The largest absolute Gasteiger partial charge is 0.489 e. The summed E-state index contributed by atoms with van der Waals surface area (Å²) >= 11 is 11.8. The molecule has 21 heavy (non-hydrogen) atoms. The lowest BCUT2D eigenvalue weighted by Gasteiger charge is -2.14. The fourth-order valence-corrected chi connectivity index (χ4v) is 1.94. The summed E-state index contributed by atoms with van der Waals surface area (Å²) in [5, 5.41) is 17.4. The van der Waals surface area contributed by atoms with Crippen LogP contribution in [0.25, 0.3) is 0 Å². The Hall–Kier alpha value is -1.34. The van der Waals surface area contributed by atoms with E-state index in [-0.39, 0.29) is 6.61 Å². The molecule has 0 aliphatic rings. The van der Waals surface area contributed by atoms with Gasteiger partial charge >= 0.3 is 0 Å². The Labute approximate surface area is 132 Å². The highest BCUT2D eigenvalue weighted by atomic mass is 35.5. The fourth-order valence-electron chi connectivity index (χ4n) is 1.60. The second-order valence-corrected chi connectivity index (χ2v) is 5.17. The number of ether oxygens (including phenoxy) is 1. The number of nitrogens with zero attached hydrogens (tertiary/aromatic N) is 2. The van der Waals surface area contributed by atoms with Crippen molar-refractivity contribution in [2.75, 3.05) is 19.7 Å². The molecule has 2 aromatic rings. The average Bonchev–Trinajstić information content (AvgIpc) is 2.98. The van der Waals surface area contributed by atoms with E-state index in [9.17, 15) is 5.11 Å². The zero-order valence-electron chi connectivity index (χ0n) is 11.1. The molecule has 6 nitrogen and oxygen atoms in total. The molecule has 0 spiro atoms. The van der Waals surface area contributed by atoms with E-state index in [1.165, 1.54) is 6.33 Å². The summed E-state index contributed by atoms with van der Waals surface area (Å²) in [6, 6.07) is 4.93. The van der Waals surface area contributed by atoms with E-state index in [0.717, 1.165) is 0 Å². The van der Waals surface area contributed by atoms with Gasteiger partial charge in [-0.3, -0.25) is 0 Å². The first kappa shape index (κ1) is 16.0. The first-order chi connectivity index (χ1) is 10.1. The highest BCUT2D eigenvalue weighted by Gasteiger charge is 2.08. The van der Waals surface area contributed by atoms with Crippen LogP contribution in [0.15, 0.2) is 29.0 Å². The molecule has 0 fully saturated rings. The molecule has 2 rings (SSSR count). The number of aromatic nitrogens is 2. The molecule has 0 saturated heterocycles. The molecule has 0 saturated carbocycles. The van der Waals surface area contributed by atoms with Gasteiger partial charge in [0.15, 0.2) is 6.33 Å². The molecule has 0 bridgehead atoms. The normalized spacial score (nSPS) is 12.3. The number of aliphatic hydroxyl groups excluding tert-OH is 1. The molecule has 1 aromatic heterocycles. The Bertz CT molecular complexity index is 552. The van der Waals surface area contributed by atoms with Gasteiger partial charge in [0.2, 0.25) is 5.89 Å². The summed E-state index contributed by atoms with van der Waals surface area (Å²) in [5.41, 5.74) is 0. The standard InChI is InChI=1S/C13H15Cl2N3O3/c14-9-1-2-11(15)12(5-9)20-7-10(19)6-16-4-3-13-17-8-18-21-13/h1-2,5,8,10,16,19H,3-4,6-7H2. The summed E-state index contributed by atoms with van der Waals surface area (Å²) in [6.07, 6.45) is 1.29. The summed E-state index contributed by atoms with van der Waals surface area (Å²) in [4.78, 5) is 3.89. The molecule has 1 unspecified atom stereocenters. The van der Waals surface area contributed by atoms with Crippen LogP contribution in [0.1, 0.15) is 5.89 Å². The van der Waals surface area contributed by atoms with Crippen LogP contribution in [0.5, 0.6) is 5.75 Å². The van der Waals surface area contributed by atoms with Crippen LogP contribution in [0.2, 0.25) is 10.0 Å². The van der Waals surface area contributed by atoms with E-state index in [1.54, 1.807) is 18.2 Å². The second-order valence-electron chi connectivity index (χ2n) is 4.33. The maximum Gasteiger partial charge on any atom is 0.227 e. The van der Waals surface area contributed by atoms with Crippen LogP contribution in [0.3, 0.4) is 0 Å². The minimum absolute atomic E-state index is 0.119. The van der Waals surface area contributed by atoms with Crippen LogP contribution in [-0.4, -0.2) is 41.0 Å². The van der Waals surface area contributed by atoms with Crippen molar-refractivity contribution in [3.8, 4) is 5.75 Å². The highest BCUT2D eigenvalue weighted by molar-refractivity contribution is 6.34. The monoisotopic (exact) mass is 331 g/mol. The number of aliphatic hydroxyl groups is 1. The third kappa shape index (κ3) is 5.51. The molecule has 2 N–H and O–H groups in total. The van der Waals surface area contributed by atoms with Crippen LogP contribution < -0.4 is 10.1 Å². The quantitative estimate of drug-likeness (QED) is 0.719. The summed E-state index contributed by atoms with van der Waals surface area (Å²) in [5.74, 6) is 1.01. The van der Waals surface area contributed by atoms with Crippen molar-refractivity contribution in [3.05, 3.63) is 40.5 Å². The SMILES string of the molecule is OC(CNCCc1ncno1)COc1cc(Cl)ccc1Cl. The van der Waals surface area contributed by atoms with Gasteiger partial charge in [0.05, 0.1) is 5.02 Å². The number of rotatable bonds is 8. The van der Waals surface area contributed by atoms with E-state index >= 15 is 0 Å². The number of halogens is 2. The highest BCUT2D eigenvalue weighted by Crippen LogP contribution is 2.27. The molecular weight excluding hydrogens is 317 g/mol. The summed E-state index contributed by atoms with van der Waals surface area (Å²) in [6.45, 7) is 1.12. The molecule has 1 heterocycles. The second kappa shape index (κ2) is 8.19. The maximum atomic E-state index is 9.81. The van der Waals surface area contributed by atoms with Crippen molar-refractivity contribution >= 4 is 23.2 Å². The van der Waals surface area contributed by atoms with Gasteiger partial charge in [-0.25, -0.2) is 0 Å². The van der Waals surface area contributed by atoms with Crippen molar-refractivity contribution in [1.29, 1.82) is 0 Å². The molecule has 1 aromatic carbocycles. The Balaban J connectivity index is 1.65. The lowest BCUT2D eigenvalue weighted by molar-refractivity contribution is 0.106. The van der Waals surface area contributed by atoms with Gasteiger partial charge in [0.25, 0.3) is 0 Å². The first-order valence-corrected chi connectivity index (χ1v) is 7.13. The van der Waals surface area contributed by atoms with Crippen molar-refractivity contribution in [2.24, 2.45) is 0 Å². The minimum atomic E-state index is -0.664. The third-order valence-electron chi connectivity index (χ3n) is 2.63. The molecule has 8 heteroatoms. The maximum absolute atomic E-state index is 9.81. The molecule has 0 aliphatic carbocycles. The Morgan fingerprint density at radius 2 is 2.24 bits per heavy atom. The molecule has 0 radical (unpaired) electrons. The predicted molar refractivity (Wildman–Crippen MR) is 78.8 cm³/mol. The predicted octanol–water partition coefficient (Wildman–Crippen LogP) is 1.95. The topological polar surface area (TPSA) is 80.4 Å². The lowest BCUT2D eigenvalue weighted by Crippen LogP contribution is -2.32. The van der Waals surface area contributed by atoms with E-state index in [1.807, 2.05) is 0 Å². The van der Waals surface area contributed by atoms with Crippen molar-refractivity contribution in [3.63, 3.8) is 0 Å². The molecule has 0 amide bonds. The number of nitrogens with one attached hydrogen (secondary N) is 1. The number of hydrogen-bond donors (Lipinski definition) is 2. The average molecular weight is 332 g/mol. The van der Waals surface area contributed by atoms with Gasteiger partial charge < -0.3 is 19.7 Å². The van der Waals surface area contributed by atoms with Gasteiger partial charge in [-0.1, -0.05) is 28.4 Å². The van der Waals surface area contributed by atoms with Gasteiger partial charge in [-0.15, -0.1) is 0 Å². The minimum Gasteiger partial charge on any atom is -0.489 e. The van der Waals surface area contributed by atoms with Gasteiger partial charge in [0.1, 0.15) is 18.5 Å². The Morgan fingerprint density at radius 1 is 1.38 bits per heavy atom. The zero-order valence-corrected chi connectivity index (χ0v) is 12.6. The Morgan fingerprint density at radius 3 is 3.00 bits per heavy atom. The van der Waals surface area contributed by atoms with Crippen molar-refractivity contribution in [2.45, 2.75) is 12.5 Å². The lowest BCUT2D eigenvalue weighted by atomic mass is 10.3. The molecular formula is C13H15Cl2N3O3. The van der Waals surface area contributed by atoms with Gasteiger partial charge in [-0.05, 0) is 12.1 Å². The van der Waals surface area contributed by atoms with Crippen molar-refractivity contribution < 1.29 is 14.4 Å². The summed E-state index contributed by atoms with van der Waals surface area (Å²) in [7, 11) is 0. The molecule has 114 valence electrons. The summed E-state index contributed by atoms with van der Waals surface area (Å²) < 4.78 is 10.3. The fraction of sp³-hybridized carbons (Fsp3) is 0.385. The van der Waals surface area contributed by atoms with Crippen LogP contribution in [-0.2, 0) is 6.42 Å². The Kier molecular flexibility index (Phi) is 6.25. The van der Waals surface area contributed by atoms with Crippen LogP contribution >= 0.6 is 23.2 Å². The zero-order chi connectivity index (χ0) is 15.1. The smallest absolute Gasteiger partial charge is 0.227 e. The van der Waals surface area contributed by atoms with Gasteiger partial charge in [-0.2, -0.15) is 4.98 Å². The van der Waals surface area contributed by atoms with Gasteiger partial charge in [0, 0.05) is 30.6 Å². The van der Waals surface area contributed by atoms with E-state index < -0.39 is 6.10 Å². The van der Waals surface area contributed by atoms with E-state index in [0.29, 0.717) is 41.2 Å². The van der Waals surface area contributed by atoms with Crippen LogP contribution in [0.4, 0.5) is 0 Å². The first-order valence-electron chi connectivity index (χ1n) is 6.37. The number of benzene rings is 1. The van der Waals surface area contributed by atoms with E-state index in [2.05, 4.69) is 15.5 Å². The number of hydrogen-bond acceptors (Lipinski definition) is 6. The molecule has 0 aliphatic heterocycles.